The van der Waals surface area contributed by atoms with Crippen LogP contribution in [0.5, 0.6) is 0 Å². The number of hydrogen-bond acceptors (Lipinski definition) is 2. The second-order valence-electron chi connectivity index (χ2n) is 5.14. The minimum absolute atomic E-state index is 0.438. The third-order valence-electron chi connectivity index (χ3n) is 2.20. The minimum atomic E-state index is -1.73. The van der Waals surface area contributed by atoms with Gasteiger partial charge in [-0.1, -0.05) is 30.9 Å². The summed E-state index contributed by atoms with van der Waals surface area (Å²) in [6, 6.07) is 7.56. The van der Waals surface area contributed by atoms with Crippen LogP contribution in [-0.4, -0.2) is 12.5 Å². The van der Waals surface area contributed by atoms with Crippen LogP contribution in [0.1, 0.15) is 5.56 Å². The lowest BCUT2D eigenvalue weighted by molar-refractivity contribution is 0.441. The van der Waals surface area contributed by atoms with E-state index in [4.69, 9.17) is 4.43 Å². The molecule has 0 bridgehead atoms. The predicted octanol–water partition coefficient (Wildman–Crippen LogP) is 3.98. The second-order valence-corrected chi connectivity index (χ2v) is 11.1. The van der Waals surface area contributed by atoms with Crippen LogP contribution < -0.4 is 0 Å². The first-order valence-electron chi connectivity index (χ1n) is 5.76. The van der Waals surface area contributed by atoms with Crippen molar-refractivity contribution in [3.05, 3.63) is 53.7 Å². The van der Waals surface area contributed by atoms with Crippen LogP contribution in [0.25, 0.3) is 0 Å². The lowest BCUT2D eigenvalue weighted by Crippen LogP contribution is -2.25. The van der Waals surface area contributed by atoms with Gasteiger partial charge in [0.15, 0.2) is 0 Å². The van der Waals surface area contributed by atoms with E-state index in [1.165, 1.54) is 0 Å². The van der Waals surface area contributed by atoms with E-state index in [-0.39, 0.29) is 0 Å². The monoisotopic (exact) mass is 280 g/mol. The standard InChI is InChI=1S/C14H20O2SSi/c1-11-7-9-14(10-8-11)17(15)13(3)12(2)16-18(4,5)6/h7-10H,2-3H2,1,4-6H3. The van der Waals surface area contributed by atoms with Crippen molar-refractivity contribution in [1.82, 2.24) is 0 Å². The van der Waals surface area contributed by atoms with E-state index in [1.807, 2.05) is 31.2 Å². The third kappa shape index (κ3) is 4.27. The van der Waals surface area contributed by atoms with Crippen molar-refractivity contribution < 1.29 is 8.63 Å². The lowest BCUT2D eigenvalue weighted by Gasteiger charge is -2.21. The Morgan fingerprint density at radius 3 is 2.11 bits per heavy atom. The molecule has 4 heteroatoms. The van der Waals surface area contributed by atoms with Gasteiger partial charge in [-0.15, -0.1) is 0 Å². The highest BCUT2D eigenvalue weighted by molar-refractivity contribution is 7.89. The summed E-state index contributed by atoms with van der Waals surface area (Å²) in [5.41, 5.74) is 1.14. The van der Waals surface area contributed by atoms with Gasteiger partial charge < -0.3 is 4.43 Å². The maximum Gasteiger partial charge on any atom is 0.242 e. The number of aryl methyl sites for hydroxylation is 1. The van der Waals surface area contributed by atoms with Gasteiger partial charge in [-0.25, -0.2) is 4.21 Å². The Morgan fingerprint density at radius 2 is 1.67 bits per heavy atom. The Bertz CT molecular complexity index is 484. The molecule has 1 atom stereocenters. The van der Waals surface area contributed by atoms with Crippen molar-refractivity contribution in [3.63, 3.8) is 0 Å². The SMILES string of the molecule is C=C(O[Si](C)(C)C)C(=C)S(=O)c1ccc(C)cc1. The molecule has 2 nitrogen and oxygen atoms in total. The van der Waals surface area contributed by atoms with Crippen LogP contribution in [0.4, 0.5) is 0 Å². The van der Waals surface area contributed by atoms with Gasteiger partial charge in [0.05, 0.1) is 15.7 Å². The third-order valence-corrected chi connectivity index (χ3v) is 4.43. The smallest absolute Gasteiger partial charge is 0.242 e. The largest absolute Gasteiger partial charge is 0.544 e. The molecular formula is C14H20O2SSi. The van der Waals surface area contributed by atoms with Crippen LogP contribution in [-0.2, 0) is 15.2 Å². The van der Waals surface area contributed by atoms with Crippen LogP contribution in [0.2, 0.25) is 19.6 Å². The molecule has 18 heavy (non-hydrogen) atoms. The van der Waals surface area contributed by atoms with Gasteiger partial charge in [-0.2, -0.15) is 0 Å². The van der Waals surface area contributed by atoms with Crippen molar-refractivity contribution in [2.75, 3.05) is 0 Å². The Morgan fingerprint density at radius 1 is 1.17 bits per heavy atom. The van der Waals surface area contributed by atoms with E-state index in [1.54, 1.807) is 0 Å². The molecule has 0 aliphatic rings. The molecule has 0 saturated heterocycles. The van der Waals surface area contributed by atoms with Gasteiger partial charge in [0.2, 0.25) is 8.32 Å². The summed E-state index contributed by atoms with van der Waals surface area (Å²) < 4.78 is 18.0. The van der Waals surface area contributed by atoms with Gasteiger partial charge in [-0.05, 0) is 38.7 Å². The highest BCUT2D eigenvalue weighted by atomic mass is 32.2. The fourth-order valence-electron chi connectivity index (χ4n) is 1.33. The summed E-state index contributed by atoms with van der Waals surface area (Å²) in [6.45, 7) is 15.8. The first kappa shape index (κ1) is 14.9. The molecule has 1 aromatic carbocycles. The van der Waals surface area contributed by atoms with Crippen molar-refractivity contribution in [2.24, 2.45) is 0 Å². The fraction of sp³-hybridized carbons (Fsp3) is 0.286. The van der Waals surface area contributed by atoms with Crippen LogP contribution >= 0.6 is 0 Å². The van der Waals surface area contributed by atoms with Gasteiger partial charge in [-0.3, -0.25) is 0 Å². The van der Waals surface area contributed by atoms with Crippen molar-refractivity contribution in [1.29, 1.82) is 0 Å². The zero-order valence-corrected chi connectivity index (χ0v) is 13.3. The number of benzene rings is 1. The first-order valence-corrected chi connectivity index (χ1v) is 10.3. The van der Waals surface area contributed by atoms with E-state index >= 15 is 0 Å². The molecule has 0 aromatic heterocycles. The Kier molecular flexibility index (Phi) is 4.70. The highest BCUT2D eigenvalue weighted by Crippen LogP contribution is 2.22. The van der Waals surface area contributed by atoms with Crippen LogP contribution in [0, 0.1) is 6.92 Å². The summed E-state index contributed by atoms with van der Waals surface area (Å²) >= 11 is 0. The molecule has 0 heterocycles. The molecular weight excluding hydrogens is 260 g/mol. The predicted molar refractivity (Wildman–Crippen MR) is 80.3 cm³/mol. The minimum Gasteiger partial charge on any atom is -0.544 e. The Hall–Kier alpha value is -1.13. The summed E-state index contributed by atoms with van der Waals surface area (Å²) in [4.78, 5) is 1.17. The zero-order valence-electron chi connectivity index (χ0n) is 11.4. The molecule has 0 aliphatic heterocycles. The van der Waals surface area contributed by atoms with E-state index in [0.717, 1.165) is 10.5 Å². The molecule has 0 radical (unpaired) electrons. The fourth-order valence-corrected chi connectivity index (χ4v) is 3.19. The number of rotatable bonds is 5. The number of hydrogen-bond donors (Lipinski definition) is 0. The molecule has 1 unspecified atom stereocenters. The van der Waals surface area contributed by atoms with Crippen molar-refractivity contribution >= 4 is 19.1 Å². The summed E-state index contributed by atoms with van der Waals surface area (Å²) in [5, 5.41) is 0. The molecule has 0 saturated carbocycles. The van der Waals surface area contributed by atoms with Crippen LogP contribution in [0.15, 0.2) is 53.0 Å². The first-order chi connectivity index (χ1) is 8.20. The summed E-state index contributed by atoms with van der Waals surface area (Å²) in [7, 11) is -3.03. The molecule has 0 fully saturated rings. The van der Waals surface area contributed by atoms with Gasteiger partial charge in [0, 0.05) is 4.90 Å². The summed E-state index contributed by atoms with van der Waals surface area (Å²) in [6.07, 6.45) is 0. The van der Waals surface area contributed by atoms with Gasteiger partial charge in [0.25, 0.3) is 0 Å². The van der Waals surface area contributed by atoms with Crippen molar-refractivity contribution in [2.45, 2.75) is 31.5 Å². The van der Waals surface area contributed by atoms with Gasteiger partial charge >= 0.3 is 0 Å². The van der Waals surface area contributed by atoms with E-state index < -0.39 is 19.1 Å². The molecule has 0 N–H and O–H groups in total. The van der Waals surface area contributed by atoms with Gasteiger partial charge in [0.1, 0.15) is 5.76 Å². The highest BCUT2D eigenvalue weighted by Gasteiger charge is 2.20. The quantitative estimate of drug-likeness (QED) is 0.463. The van der Waals surface area contributed by atoms with E-state index in [2.05, 4.69) is 32.8 Å². The van der Waals surface area contributed by atoms with Crippen LogP contribution in [0.3, 0.4) is 0 Å². The molecule has 1 rings (SSSR count). The zero-order chi connectivity index (χ0) is 13.9. The molecule has 0 amide bonds. The average Bonchev–Trinajstić information content (AvgIpc) is 2.26. The van der Waals surface area contributed by atoms with Crippen molar-refractivity contribution in [3.8, 4) is 0 Å². The Labute approximate surface area is 113 Å². The molecule has 98 valence electrons. The summed E-state index contributed by atoms with van der Waals surface area (Å²) in [5.74, 6) is 0.438. The average molecular weight is 280 g/mol. The Balaban J connectivity index is 2.82. The topological polar surface area (TPSA) is 26.3 Å². The molecule has 0 spiro atoms. The normalized spacial score (nSPS) is 12.9. The maximum absolute atomic E-state index is 12.3. The maximum atomic E-state index is 12.3. The molecule has 0 aliphatic carbocycles. The molecule has 1 aromatic rings. The van der Waals surface area contributed by atoms with E-state index in [0.29, 0.717) is 10.7 Å². The van der Waals surface area contributed by atoms with E-state index in [9.17, 15) is 4.21 Å². The second kappa shape index (κ2) is 5.67. The lowest BCUT2D eigenvalue weighted by atomic mass is 10.2.